The van der Waals surface area contributed by atoms with Crippen molar-refractivity contribution in [1.29, 1.82) is 0 Å². The molecule has 14 heavy (non-hydrogen) atoms. The molecule has 74 valence electrons. The summed E-state index contributed by atoms with van der Waals surface area (Å²) in [6, 6.07) is 6.06. The van der Waals surface area contributed by atoms with Crippen LogP contribution in [0.1, 0.15) is 5.56 Å². The van der Waals surface area contributed by atoms with Crippen molar-refractivity contribution in [2.24, 2.45) is 0 Å². The van der Waals surface area contributed by atoms with Crippen LogP contribution in [0.4, 0.5) is 5.69 Å². The number of hydrogen-bond donors (Lipinski definition) is 0. The van der Waals surface area contributed by atoms with E-state index < -0.39 is 15.7 Å². The zero-order chi connectivity index (χ0) is 10.6. The predicted octanol–water partition coefficient (Wildman–Crippen LogP) is 1.94. The van der Waals surface area contributed by atoms with E-state index in [1.165, 1.54) is 17.5 Å². The lowest BCUT2D eigenvalue weighted by Crippen LogP contribution is -1.86. The number of nitrogens with zero attached hydrogens (tertiary/aromatic N) is 1. The lowest BCUT2D eigenvalue weighted by molar-refractivity contribution is -0.384. The van der Waals surface area contributed by atoms with Crippen LogP contribution in [0, 0.1) is 10.1 Å². The van der Waals surface area contributed by atoms with E-state index >= 15 is 0 Å². The molecule has 1 unspecified atom stereocenters. The molecule has 0 fully saturated rings. The van der Waals surface area contributed by atoms with Gasteiger partial charge in [0.1, 0.15) is 0 Å². The molecular weight excluding hydrogens is 202 g/mol. The standard InChI is InChI=1S/C9H9NO3S/c1-14(13)7-6-8-2-4-9(5-3-8)10(11)12/h2-7H,1H3/b7-6-. The van der Waals surface area contributed by atoms with E-state index in [9.17, 15) is 14.3 Å². The number of rotatable bonds is 3. The van der Waals surface area contributed by atoms with Crippen LogP contribution in [0.25, 0.3) is 6.08 Å². The molecule has 5 heteroatoms. The van der Waals surface area contributed by atoms with Crippen molar-refractivity contribution in [2.45, 2.75) is 0 Å². The summed E-state index contributed by atoms with van der Waals surface area (Å²) in [6.07, 6.45) is 3.22. The summed E-state index contributed by atoms with van der Waals surface area (Å²) >= 11 is 0. The molecule has 4 nitrogen and oxygen atoms in total. The third kappa shape index (κ3) is 3.10. The Morgan fingerprint density at radius 1 is 1.36 bits per heavy atom. The Hall–Kier alpha value is -1.49. The zero-order valence-corrected chi connectivity index (χ0v) is 8.36. The minimum absolute atomic E-state index is 0.0553. The van der Waals surface area contributed by atoms with Crippen LogP contribution in [0.2, 0.25) is 0 Å². The molecule has 0 heterocycles. The zero-order valence-electron chi connectivity index (χ0n) is 7.54. The highest BCUT2D eigenvalue weighted by Crippen LogP contribution is 2.12. The van der Waals surface area contributed by atoms with E-state index in [-0.39, 0.29) is 5.69 Å². The number of nitro groups is 1. The van der Waals surface area contributed by atoms with Crippen LogP contribution >= 0.6 is 0 Å². The van der Waals surface area contributed by atoms with Gasteiger partial charge >= 0.3 is 0 Å². The van der Waals surface area contributed by atoms with Crippen LogP contribution in [0.15, 0.2) is 29.7 Å². The molecule has 0 radical (unpaired) electrons. The quantitative estimate of drug-likeness (QED) is 0.567. The number of non-ortho nitro benzene ring substituents is 1. The minimum Gasteiger partial charge on any atom is -0.258 e. The average molecular weight is 211 g/mol. The van der Waals surface area contributed by atoms with Gasteiger partial charge in [0.25, 0.3) is 5.69 Å². The second kappa shape index (κ2) is 4.66. The van der Waals surface area contributed by atoms with Gasteiger partial charge in [-0.05, 0) is 23.8 Å². The van der Waals surface area contributed by atoms with Gasteiger partial charge in [0.2, 0.25) is 0 Å². The van der Waals surface area contributed by atoms with E-state index in [2.05, 4.69) is 0 Å². The lowest BCUT2D eigenvalue weighted by atomic mass is 10.2. The monoisotopic (exact) mass is 211 g/mol. The number of nitro benzene ring substituents is 1. The second-order valence-electron chi connectivity index (χ2n) is 2.65. The van der Waals surface area contributed by atoms with E-state index in [1.807, 2.05) is 0 Å². The molecule has 1 atom stereocenters. The molecule has 1 aromatic carbocycles. The molecule has 0 spiro atoms. The average Bonchev–Trinajstić information content (AvgIpc) is 2.15. The Kier molecular flexibility index (Phi) is 3.53. The van der Waals surface area contributed by atoms with E-state index in [0.29, 0.717) is 0 Å². The van der Waals surface area contributed by atoms with Crippen molar-refractivity contribution in [3.63, 3.8) is 0 Å². The highest BCUT2D eigenvalue weighted by atomic mass is 32.2. The van der Waals surface area contributed by atoms with Crippen molar-refractivity contribution in [2.75, 3.05) is 6.26 Å². The third-order valence-electron chi connectivity index (χ3n) is 1.56. The highest BCUT2D eigenvalue weighted by Gasteiger charge is 2.01. The maximum absolute atomic E-state index is 10.7. The van der Waals surface area contributed by atoms with Crippen molar-refractivity contribution >= 4 is 22.6 Å². The molecule has 0 aromatic heterocycles. The lowest BCUT2D eigenvalue weighted by Gasteiger charge is -1.92. The summed E-state index contributed by atoms with van der Waals surface area (Å²) in [7, 11) is -0.995. The first-order chi connectivity index (χ1) is 6.59. The topological polar surface area (TPSA) is 60.2 Å². The minimum atomic E-state index is -0.995. The first-order valence-electron chi connectivity index (χ1n) is 3.84. The highest BCUT2D eigenvalue weighted by molar-refractivity contribution is 7.87. The molecule has 1 rings (SSSR count). The Morgan fingerprint density at radius 3 is 2.36 bits per heavy atom. The van der Waals surface area contributed by atoms with E-state index in [4.69, 9.17) is 0 Å². The predicted molar refractivity (Wildman–Crippen MR) is 56.2 cm³/mol. The summed E-state index contributed by atoms with van der Waals surface area (Å²) in [4.78, 5) is 9.86. The van der Waals surface area contributed by atoms with Crippen LogP contribution in [-0.4, -0.2) is 15.4 Å². The van der Waals surface area contributed by atoms with Gasteiger partial charge in [0.05, 0.1) is 4.92 Å². The molecule has 0 saturated carbocycles. The summed E-state index contributed by atoms with van der Waals surface area (Å²) in [6.45, 7) is 0. The molecule has 0 bridgehead atoms. The van der Waals surface area contributed by atoms with E-state index in [1.54, 1.807) is 24.5 Å². The maximum atomic E-state index is 10.7. The maximum Gasteiger partial charge on any atom is 0.269 e. The van der Waals surface area contributed by atoms with Crippen LogP contribution in [0.3, 0.4) is 0 Å². The molecule has 0 amide bonds. The molecular formula is C9H9NO3S. The fraction of sp³-hybridized carbons (Fsp3) is 0.111. The van der Waals surface area contributed by atoms with Crippen molar-refractivity contribution < 1.29 is 9.13 Å². The second-order valence-corrected chi connectivity index (χ2v) is 3.92. The Labute approximate surface area is 83.9 Å². The van der Waals surface area contributed by atoms with Gasteiger partial charge in [-0.25, -0.2) is 0 Å². The van der Waals surface area contributed by atoms with Crippen LogP contribution in [-0.2, 0) is 10.8 Å². The summed E-state index contributed by atoms with van der Waals surface area (Å²) < 4.78 is 10.7. The Bertz CT molecular complexity index is 384. The number of benzene rings is 1. The van der Waals surface area contributed by atoms with Gasteiger partial charge in [-0.3, -0.25) is 14.3 Å². The fourth-order valence-corrected chi connectivity index (χ4v) is 1.23. The summed E-state index contributed by atoms with van der Waals surface area (Å²) in [5.74, 6) is 0. The fourth-order valence-electron chi connectivity index (χ4n) is 0.882. The molecule has 0 aliphatic carbocycles. The van der Waals surface area contributed by atoms with Gasteiger partial charge in [-0.1, -0.05) is 0 Å². The van der Waals surface area contributed by atoms with Crippen molar-refractivity contribution in [3.05, 3.63) is 45.4 Å². The van der Waals surface area contributed by atoms with Gasteiger partial charge < -0.3 is 0 Å². The Balaban J connectivity index is 2.83. The smallest absolute Gasteiger partial charge is 0.258 e. The molecule has 0 saturated heterocycles. The normalized spacial score (nSPS) is 12.9. The van der Waals surface area contributed by atoms with Crippen LogP contribution in [0.5, 0.6) is 0 Å². The summed E-state index contributed by atoms with van der Waals surface area (Å²) in [5.41, 5.74) is 0.852. The van der Waals surface area contributed by atoms with E-state index in [0.717, 1.165) is 5.56 Å². The summed E-state index contributed by atoms with van der Waals surface area (Å²) in [5, 5.41) is 11.8. The first-order valence-corrected chi connectivity index (χ1v) is 5.46. The molecule has 0 N–H and O–H groups in total. The van der Waals surface area contributed by atoms with Gasteiger partial charge in [0, 0.05) is 34.6 Å². The van der Waals surface area contributed by atoms with Crippen molar-refractivity contribution in [3.8, 4) is 0 Å². The molecule has 1 aromatic rings. The van der Waals surface area contributed by atoms with Gasteiger partial charge in [-0.2, -0.15) is 0 Å². The first kappa shape index (κ1) is 10.6. The molecule has 0 aliphatic heterocycles. The SMILES string of the molecule is CS(=O)/C=C\c1ccc([N+](=O)[O-])cc1. The Morgan fingerprint density at radius 2 is 1.93 bits per heavy atom. The number of hydrogen-bond acceptors (Lipinski definition) is 3. The third-order valence-corrected chi connectivity index (χ3v) is 2.08. The van der Waals surface area contributed by atoms with Gasteiger partial charge in [-0.15, -0.1) is 0 Å². The van der Waals surface area contributed by atoms with Crippen molar-refractivity contribution in [1.82, 2.24) is 0 Å². The molecule has 0 aliphatic rings. The largest absolute Gasteiger partial charge is 0.269 e. The van der Waals surface area contributed by atoms with Gasteiger partial charge in [0.15, 0.2) is 0 Å². The van der Waals surface area contributed by atoms with Crippen LogP contribution < -0.4 is 0 Å².